The molecule has 2 aromatic carbocycles. The van der Waals surface area contributed by atoms with E-state index in [4.69, 9.17) is 19.6 Å². The number of carboxylic acids is 1. The lowest BCUT2D eigenvalue weighted by Crippen LogP contribution is -2.45. The van der Waals surface area contributed by atoms with Gasteiger partial charge in [0.15, 0.2) is 11.8 Å². The van der Waals surface area contributed by atoms with E-state index in [9.17, 15) is 20.3 Å². The van der Waals surface area contributed by atoms with Crippen molar-refractivity contribution in [2.75, 3.05) is 24.6 Å². The lowest BCUT2D eigenvalue weighted by molar-refractivity contribution is -0.160. The van der Waals surface area contributed by atoms with Crippen molar-refractivity contribution < 1.29 is 24.5 Å². The number of nitrogens with zero attached hydrogens (tertiary/aromatic N) is 5. The third kappa shape index (κ3) is 6.70. The summed E-state index contributed by atoms with van der Waals surface area (Å²) in [5.41, 5.74) is 3.61. The van der Waals surface area contributed by atoms with Crippen molar-refractivity contribution >= 4 is 17.4 Å². The van der Waals surface area contributed by atoms with Gasteiger partial charge in [0.2, 0.25) is 0 Å². The molecule has 1 atom stereocenters. The first kappa shape index (κ1) is 31.7. The number of carbonyl (C=O) groups is 1. The van der Waals surface area contributed by atoms with Crippen LogP contribution in [0.25, 0.3) is 28.0 Å². The highest BCUT2D eigenvalue weighted by Crippen LogP contribution is 2.39. The highest BCUT2D eigenvalue weighted by molar-refractivity contribution is 5.80. The molecule has 45 heavy (non-hydrogen) atoms. The van der Waals surface area contributed by atoms with Crippen LogP contribution in [0.1, 0.15) is 63.5 Å². The first-order valence-corrected chi connectivity index (χ1v) is 15.0. The summed E-state index contributed by atoms with van der Waals surface area (Å²) in [6, 6.07) is 16.3. The maximum atomic E-state index is 12.7. The Balaban J connectivity index is 1.65. The fraction of sp³-hybridized carbons (Fsp3) is 0.371. The van der Waals surface area contributed by atoms with E-state index in [0.717, 1.165) is 24.0 Å². The number of anilines is 1. The Bertz CT molecular complexity index is 1790. The van der Waals surface area contributed by atoms with Crippen LogP contribution in [0.2, 0.25) is 0 Å². The molecule has 0 aliphatic carbocycles. The van der Waals surface area contributed by atoms with Gasteiger partial charge in [-0.2, -0.15) is 14.9 Å². The van der Waals surface area contributed by atoms with Gasteiger partial charge < -0.3 is 24.6 Å². The van der Waals surface area contributed by atoms with Crippen LogP contribution in [0.15, 0.2) is 61.2 Å². The minimum atomic E-state index is -1.27. The molecular formula is C35H39N5O5. The largest absolute Gasteiger partial charge is 0.507 e. The molecule has 0 bridgehead atoms. The number of piperidine rings is 1. The Morgan fingerprint density at radius 2 is 1.89 bits per heavy atom. The predicted octanol–water partition coefficient (Wildman–Crippen LogP) is 6.45. The number of hydrogen-bond donors (Lipinski definition) is 2. The minimum Gasteiger partial charge on any atom is -0.507 e. The lowest BCUT2D eigenvalue weighted by Gasteiger charge is -2.41. The monoisotopic (exact) mass is 609 g/mol. The maximum Gasteiger partial charge on any atom is 0.337 e. The summed E-state index contributed by atoms with van der Waals surface area (Å²) in [6.07, 6.45) is 1.92. The van der Waals surface area contributed by atoms with Gasteiger partial charge >= 0.3 is 5.97 Å². The molecule has 234 valence electrons. The Labute approximate surface area is 263 Å². The van der Waals surface area contributed by atoms with Gasteiger partial charge in [0.25, 0.3) is 0 Å². The third-order valence-corrected chi connectivity index (χ3v) is 8.03. The van der Waals surface area contributed by atoms with Crippen molar-refractivity contribution in [2.24, 2.45) is 0 Å². The van der Waals surface area contributed by atoms with Gasteiger partial charge in [0.1, 0.15) is 11.6 Å². The number of carboxylic acid groups (broad SMARTS) is 1. The van der Waals surface area contributed by atoms with Crippen molar-refractivity contribution in [3.8, 4) is 34.2 Å². The number of aromatic nitrogens is 3. The zero-order valence-corrected chi connectivity index (χ0v) is 26.4. The number of rotatable bonds is 9. The standard InChI is InChI=1S/C35H39N5O5/c1-7-17-44-35(6)13-15-39(16-14-35)32-30(31(33(42)43)45-34(3,4)5)22(2)37-29-20-27(38-40(29)32)25-10-8-9-24(19-25)26-18-23(21-36)11-12-28(26)41/h7-12,18-20,31,41H,1,13-17H2,2-6H3,(H,42,43). The molecule has 3 heterocycles. The molecule has 0 saturated carbocycles. The number of benzene rings is 2. The van der Waals surface area contributed by atoms with E-state index in [2.05, 4.69) is 24.5 Å². The number of aryl methyl sites for hydroxylation is 1. The first-order valence-electron chi connectivity index (χ1n) is 15.0. The molecule has 0 radical (unpaired) electrons. The molecule has 1 aliphatic heterocycles. The second-order valence-corrected chi connectivity index (χ2v) is 12.6. The number of aromatic hydroxyl groups is 1. The first-order chi connectivity index (χ1) is 21.3. The topological polar surface area (TPSA) is 133 Å². The number of ether oxygens (including phenoxy) is 2. The summed E-state index contributed by atoms with van der Waals surface area (Å²) in [5, 5.41) is 35.3. The number of phenols is 1. The molecule has 10 heteroatoms. The fourth-order valence-corrected chi connectivity index (χ4v) is 5.73. The van der Waals surface area contributed by atoms with Gasteiger partial charge in [0.05, 0.1) is 40.7 Å². The lowest BCUT2D eigenvalue weighted by atomic mass is 9.92. The Morgan fingerprint density at radius 1 is 1.18 bits per heavy atom. The van der Waals surface area contributed by atoms with Crippen LogP contribution < -0.4 is 4.90 Å². The summed E-state index contributed by atoms with van der Waals surface area (Å²) in [7, 11) is 0. The van der Waals surface area contributed by atoms with Gasteiger partial charge in [-0.3, -0.25) is 0 Å². The molecule has 4 aromatic rings. The molecule has 1 fully saturated rings. The number of fused-ring (bicyclic) bond motifs is 1. The molecule has 0 amide bonds. The highest BCUT2D eigenvalue weighted by atomic mass is 16.5. The van der Waals surface area contributed by atoms with Crippen LogP contribution in [0, 0.1) is 18.3 Å². The van der Waals surface area contributed by atoms with E-state index in [0.29, 0.717) is 59.2 Å². The molecule has 1 aliphatic rings. The molecule has 2 N–H and O–H groups in total. The van der Waals surface area contributed by atoms with Gasteiger partial charge in [-0.25, -0.2) is 9.78 Å². The quantitative estimate of drug-likeness (QED) is 0.205. The van der Waals surface area contributed by atoms with E-state index in [1.807, 2.05) is 51.1 Å². The van der Waals surface area contributed by atoms with Gasteiger partial charge in [-0.15, -0.1) is 6.58 Å². The van der Waals surface area contributed by atoms with Gasteiger partial charge in [0, 0.05) is 36.0 Å². The maximum absolute atomic E-state index is 12.7. The van der Waals surface area contributed by atoms with Crippen molar-refractivity contribution in [3.05, 3.63) is 78.0 Å². The van der Waals surface area contributed by atoms with E-state index >= 15 is 0 Å². The van der Waals surface area contributed by atoms with Crippen LogP contribution in [0.5, 0.6) is 5.75 Å². The highest BCUT2D eigenvalue weighted by Gasteiger charge is 2.37. The van der Waals surface area contributed by atoms with Crippen molar-refractivity contribution in [1.82, 2.24) is 14.6 Å². The smallest absolute Gasteiger partial charge is 0.337 e. The van der Waals surface area contributed by atoms with Crippen LogP contribution in [0.3, 0.4) is 0 Å². The molecule has 1 saturated heterocycles. The number of hydrogen-bond acceptors (Lipinski definition) is 8. The van der Waals surface area contributed by atoms with Gasteiger partial charge in [-0.1, -0.05) is 24.3 Å². The summed E-state index contributed by atoms with van der Waals surface area (Å²) in [4.78, 5) is 19.7. The minimum absolute atomic E-state index is 0.0677. The second-order valence-electron chi connectivity index (χ2n) is 12.6. The summed E-state index contributed by atoms with van der Waals surface area (Å²) in [6.45, 7) is 14.8. The fourth-order valence-electron chi connectivity index (χ4n) is 5.73. The molecular weight excluding hydrogens is 570 g/mol. The number of nitriles is 1. The zero-order valence-electron chi connectivity index (χ0n) is 26.4. The zero-order chi connectivity index (χ0) is 32.5. The Kier molecular flexibility index (Phi) is 8.70. The third-order valence-electron chi connectivity index (χ3n) is 8.03. The summed E-state index contributed by atoms with van der Waals surface area (Å²) < 4.78 is 13.9. The Hall–Kier alpha value is -4.72. The molecule has 1 unspecified atom stereocenters. The normalized spacial score (nSPS) is 15.5. The summed E-state index contributed by atoms with van der Waals surface area (Å²) >= 11 is 0. The number of phenolic OH excluding ortho intramolecular Hbond substituents is 1. The average Bonchev–Trinajstić information content (AvgIpc) is 3.42. The van der Waals surface area contributed by atoms with Gasteiger partial charge in [-0.05, 0) is 77.3 Å². The van der Waals surface area contributed by atoms with E-state index in [1.165, 1.54) is 6.07 Å². The average molecular weight is 610 g/mol. The van der Waals surface area contributed by atoms with E-state index in [1.54, 1.807) is 29.6 Å². The van der Waals surface area contributed by atoms with Crippen molar-refractivity contribution in [2.45, 2.75) is 64.8 Å². The van der Waals surface area contributed by atoms with Crippen LogP contribution >= 0.6 is 0 Å². The van der Waals surface area contributed by atoms with Crippen molar-refractivity contribution in [1.29, 1.82) is 5.26 Å². The molecule has 2 aromatic heterocycles. The molecule has 0 spiro atoms. The van der Waals surface area contributed by atoms with Crippen LogP contribution in [-0.4, -0.2) is 61.7 Å². The van der Waals surface area contributed by atoms with Crippen LogP contribution in [-0.2, 0) is 14.3 Å². The molecule has 5 rings (SSSR count). The van der Waals surface area contributed by atoms with Crippen molar-refractivity contribution in [3.63, 3.8) is 0 Å². The predicted molar refractivity (Wildman–Crippen MR) is 172 cm³/mol. The molecule has 10 nitrogen and oxygen atoms in total. The number of aliphatic carboxylic acids is 1. The Morgan fingerprint density at radius 3 is 2.53 bits per heavy atom. The van der Waals surface area contributed by atoms with Crippen LogP contribution in [0.4, 0.5) is 5.82 Å². The second kappa shape index (κ2) is 12.3. The van der Waals surface area contributed by atoms with E-state index < -0.39 is 17.7 Å². The summed E-state index contributed by atoms with van der Waals surface area (Å²) in [5.74, 6) is -0.411. The van der Waals surface area contributed by atoms with E-state index in [-0.39, 0.29) is 11.4 Å². The SMILES string of the molecule is C=CCOC1(C)CCN(c2c(C(OC(C)(C)C)C(=O)O)c(C)nc3cc(-c4cccc(-c5cc(C#N)ccc5O)c4)nn23)CC1.